The number of nitrogens with zero attached hydrogens (tertiary/aromatic N) is 1. The van der Waals surface area contributed by atoms with Gasteiger partial charge in [0.25, 0.3) is 0 Å². The second-order valence-electron chi connectivity index (χ2n) is 5.34. The standard InChI is InChI=1S/C15H25ClN2O/c1-5-17-10-12-13(16)8-7-9-14(12)18(6-2)11-15(3,4)19/h7-9,17,19H,5-6,10-11H2,1-4H3. The Morgan fingerprint density at radius 3 is 2.53 bits per heavy atom. The number of hydrogen-bond acceptors (Lipinski definition) is 3. The fourth-order valence-electron chi connectivity index (χ4n) is 2.10. The second-order valence-corrected chi connectivity index (χ2v) is 5.75. The summed E-state index contributed by atoms with van der Waals surface area (Å²) in [7, 11) is 0. The van der Waals surface area contributed by atoms with E-state index < -0.39 is 5.60 Å². The molecule has 0 aliphatic rings. The van der Waals surface area contributed by atoms with Gasteiger partial charge in [0, 0.05) is 35.9 Å². The van der Waals surface area contributed by atoms with Gasteiger partial charge in [-0.1, -0.05) is 24.6 Å². The molecule has 0 radical (unpaired) electrons. The van der Waals surface area contributed by atoms with Crippen LogP contribution in [0.5, 0.6) is 0 Å². The summed E-state index contributed by atoms with van der Waals surface area (Å²) in [6.45, 7) is 10.9. The lowest BCUT2D eigenvalue weighted by atomic mass is 10.1. The van der Waals surface area contributed by atoms with Crippen LogP contribution in [0.3, 0.4) is 0 Å². The van der Waals surface area contributed by atoms with Crippen molar-refractivity contribution in [1.82, 2.24) is 5.32 Å². The predicted octanol–water partition coefficient (Wildman–Crippen LogP) is 3.05. The van der Waals surface area contributed by atoms with E-state index in [1.54, 1.807) is 0 Å². The summed E-state index contributed by atoms with van der Waals surface area (Å²) in [5.41, 5.74) is 1.46. The SMILES string of the molecule is CCNCc1c(Cl)cccc1N(CC)CC(C)(C)O. The maximum Gasteiger partial charge on any atom is 0.0765 e. The summed E-state index contributed by atoms with van der Waals surface area (Å²) < 4.78 is 0. The van der Waals surface area contributed by atoms with Crippen LogP contribution in [0.15, 0.2) is 18.2 Å². The first kappa shape index (κ1) is 16.3. The van der Waals surface area contributed by atoms with Gasteiger partial charge in [-0.3, -0.25) is 0 Å². The van der Waals surface area contributed by atoms with Crippen molar-refractivity contribution < 1.29 is 5.11 Å². The molecule has 2 N–H and O–H groups in total. The molecule has 0 bridgehead atoms. The predicted molar refractivity (Wildman–Crippen MR) is 83.0 cm³/mol. The highest BCUT2D eigenvalue weighted by Crippen LogP contribution is 2.28. The van der Waals surface area contributed by atoms with Crippen molar-refractivity contribution in [3.8, 4) is 0 Å². The van der Waals surface area contributed by atoms with Crippen LogP contribution in [-0.4, -0.2) is 30.3 Å². The quantitative estimate of drug-likeness (QED) is 0.808. The Hall–Kier alpha value is -0.770. The Balaban J connectivity index is 3.05. The van der Waals surface area contributed by atoms with Crippen LogP contribution in [0.2, 0.25) is 5.02 Å². The molecule has 0 saturated carbocycles. The summed E-state index contributed by atoms with van der Waals surface area (Å²) in [5, 5.41) is 14.1. The summed E-state index contributed by atoms with van der Waals surface area (Å²) in [5.74, 6) is 0. The summed E-state index contributed by atoms with van der Waals surface area (Å²) in [6.07, 6.45) is 0. The number of hydrogen-bond donors (Lipinski definition) is 2. The van der Waals surface area contributed by atoms with E-state index in [0.717, 1.165) is 35.9 Å². The van der Waals surface area contributed by atoms with Gasteiger partial charge in [0.15, 0.2) is 0 Å². The van der Waals surface area contributed by atoms with Crippen LogP contribution in [0.4, 0.5) is 5.69 Å². The van der Waals surface area contributed by atoms with E-state index in [9.17, 15) is 5.11 Å². The monoisotopic (exact) mass is 284 g/mol. The van der Waals surface area contributed by atoms with Crippen molar-refractivity contribution >= 4 is 17.3 Å². The molecule has 1 aromatic carbocycles. The first-order chi connectivity index (χ1) is 8.89. The fourth-order valence-corrected chi connectivity index (χ4v) is 2.34. The molecule has 4 heteroatoms. The number of aliphatic hydroxyl groups is 1. The minimum atomic E-state index is -0.728. The van der Waals surface area contributed by atoms with Gasteiger partial charge >= 0.3 is 0 Å². The third-order valence-corrected chi connectivity index (χ3v) is 3.30. The van der Waals surface area contributed by atoms with Gasteiger partial charge in [-0.2, -0.15) is 0 Å². The number of nitrogens with one attached hydrogen (secondary N) is 1. The first-order valence-corrected chi connectivity index (χ1v) is 7.22. The minimum Gasteiger partial charge on any atom is -0.389 e. The molecule has 1 rings (SSSR count). The Kier molecular flexibility index (Phi) is 6.11. The van der Waals surface area contributed by atoms with Crippen LogP contribution in [0.25, 0.3) is 0 Å². The third kappa shape index (κ3) is 5.01. The van der Waals surface area contributed by atoms with Crippen molar-refractivity contribution in [2.45, 2.75) is 39.8 Å². The Labute approximate surface area is 121 Å². The van der Waals surface area contributed by atoms with Crippen molar-refractivity contribution in [3.05, 3.63) is 28.8 Å². The van der Waals surface area contributed by atoms with Gasteiger partial charge in [0.1, 0.15) is 0 Å². The third-order valence-electron chi connectivity index (χ3n) is 2.95. The Morgan fingerprint density at radius 1 is 1.32 bits per heavy atom. The normalized spacial score (nSPS) is 11.7. The maximum absolute atomic E-state index is 10.0. The molecule has 0 amide bonds. The zero-order valence-corrected chi connectivity index (χ0v) is 13.1. The lowest BCUT2D eigenvalue weighted by molar-refractivity contribution is 0.0875. The summed E-state index contributed by atoms with van der Waals surface area (Å²) in [6, 6.07) is 5.93. The second kappa shape index (κ2) is 7.13. The largest absolute Gasteiger partial charge is 0.389 e. The molecule has 0 spiro atoms. The van der Waals surface area contributed by atoms with Crippen molar-refractivity contribution in [2.24, 2.45) is 0 Å². The van der Waals surface area contributed by atoms with E-state index in [1.807, 2.05) is 26.0 Å². The molecule has 0 unspecified atom stereocenters. The smallest absolute Gasteiger partial charge is 0.0765 e. The van der Waals surface area contributed by atoms with Gasteiger partial charge in [-0.15, -0.1) is 0 Å². The lowest BCUT2D eigenvalue weighted by Crippen LogP contribution is -2.39. The summed E-state index contributed by atoms with van der Waals surface area (Å²) in [4.78, 5) is 2.17. The van der Waals surface area contributed by atoms with Crippen LogP contribution in [-0.2, 0) is 6.54 Å². The number of anilines is 1. The molecule has 0 aliphatic heterocycles. The zero-order chi connectivity index (χ0) is 14.5. The summed E-state index contributed by atoms with van der Waals surface area (Å²) >= 11 is 6.31. The molecular formula is C15H25ClN2O. The molecule has 0 aromatic heterocycles. The molecule has 1 aromatic rings. The average Bonchev–Trinajstić information content (AvgIpc) is 2.33. The molecule has 0 heterocycles. The van der Waals surface area contributed by atoms with Crippen LogP contribution < -0.4 is 10.2 Å². The highest BCUT2D eigenvalue weighted by molar-refractivity contribution is 6.31. The van der Waals surface area contributed by atoms with Gasteiger partial charge in [-0.05, 0) is 39.4 Å². The fraction of sp³-hybridized carbons (Fsp3) is 0.600. The molecule has 108 valence electrons. The average molecular weight is 285 g/mol. The Bertz CT molecular complexity index is 402. The van der Waals surface area contributed by atoms with E-state index in [4.69, 9.17) is 11.6 Å². The van der Waals surface area contributed by atoms with Gasteiger partial charge < -0.3 is 15.3 Å². The van der Waals surface area contributed by atoms with Crippen LogP contribution in [0.1, 0.15) is 33.3 Å². The zero-order valence-electron chi connectivity index (χ0n) is 12.3. The molecular weight excluding hydrogens is 260 g/mol. The first-order valence-electron chi connectivity index (χ1n) is 6.84. The lowest BCUT2D eigenvalue weighted by Gasteiger charge is -2.31. The van der Waals surface area contributed by atoms with E-state index in [-0.39, 0.29) is 0 Å². The Morgan fingerprint density at radius 2 is 2.00 bits per heavy atom. The molecule has 3 nitrogen and oxygen atoms in total. The topological polar surface area (TPSA) is 35.5 Å². The van der Waals surface area contributed by atoms with E-state index >= 15 is 0 Å². The molecule has 0 aliphatic carbocycles. The molecule has 0 atom stereocenters. The molecule has 0 saturated heterocycles. The van der Waals surface area contributed by atoms with Gasteiger partial charge in [0.2, 0.25) is 0 Å². The molecule has 19 heavy (non-hydrogen) atoms. The number of rotatable bonds is 7. The maximum atomic E-state index is 10.0. The highest BCUT2D eigenvalue weighted by atomic mass is 35.5. The van der Waals surface area contributed by atoms with Crippen molar-refractivity contribution in [3.63, 3.8) is 0 Å². The van der Waals surface area contributed by atoms with Crippen LogP contribution in [0, 0.1) is 0 Å². The minimum absolute atomic E-state index is 0.586. The van der Waals surface area contributed by atoms with Crippen LogP contribution >= 0.6 is 11.6 Å². The highest BCUT2D eigenvalue weighted by Gasteiger charge is 2.20. The van der Waals surface area contributed by atoms with Gasteiger partial charge in [0.05, 0.1) is 5.60 Å². The van der Waals surface area contributed by atoms with E-state index in [0.29, 0.717) is 6.54 Å². The van der Waals surface area contributed by atoms with E-state index in [1.165, 1.54) is 0 Å². The number of halogens is 1. The van der Waals surface area contributed by atoms with Crippen molar-refractivity contribution in [1.29, 1.82) is 0 Å². The van der Waals surface area contributed by atoms with Crippen molar-refractivity contribution in [2.75, 3.05) is 24.5 Å². The van der Waals surface area contributed by atoms with E-state index in [2.05, 4.69) is 30.1 Å². The van der Waals surface area contributed by atoms with Gasteiger partial charge in [-0.25, -0.2) is 0 Å². The number of likely N-dealkylation sites (N-methyl/N-ethyl adjacent to an activating group) is 1. The molecule has 0 fully saturated rings. The number of benzene rings is 1.